The molecule has 0 bridgehead atoms. The van der Waals surface area contributed by atoms with E-state index in [2.05, 4.69) is 6.07 Å². The predicted molar refractivity (Wildman–Crippen MR) is 79.4 cm³/mol. The highest BCUT2D eigenvalue weighted by Gasteiger charge is 2.27. The van der Waals surface area contributed by atoms with Gasteiger partial charge in [0.15, 0.2) is 0 Å². The number of aryl methyl sites for hydroxylation is 1. The highest BCUT2D eigenvalue weighted by Crippen LogP contribution is 2.33. The zero-order valence-electron chi connectivity index (χ0n) is 11.1. The van der Waals surface area contributed by atoms with Crippen LogP contribution in [0, 0.1) is 6.92 Å². The molecule has 0 saturated carbocycles. The Morgan fingerprint density at radius 1 is 1.35 bits per heavy atom. The average molecular weight is 286 g/mol. The summed E-state index contributed by atoms with van der Waals surface area (Å²) in [5.41, 5.74) is 8.92. The number of carbonyl (C=O) groups excluding carboxylic acids is 2. The van der Waals surface area contributed by atoms with Crippen LogP contribution in [0.15, 0.2) is 29.6 Å². The van der Waals surface area contributed by atoms with Crippen LogP contribution in [0.3, 0.4) is 0 Å². The number of primary amides is 1. The Morgan fingerprint density at radius 2 is 2.15 bits per heavy atom. The topological polar surface area (TPSA) is 63.4 Å². The zero-order chi connectivity index (χ0) is 14.3. The number of hydrogen-bond donors (Lipinski definition) is 1. The molecule has 1 aromatic heterocycles. The largest absolute Gasteiger partial charge is 0.366 e. The Labute approximate surface area is 120 Å². The first kappa shape index (κ1) is 12.9. The van der Waals surface area contributed by atoms with Gasteiger partial charge in [0, 0.05) is 11.9 Å². The number of hydrogen-bond acceptors (Lipinski definition) is 3. The second-order valence-electron chi connectivity index (χ2n) is 4.85. The quantitative estimate of drug-likeness (QED) is 0.921. The lowest BCUT2D eigenvalue weighted by Crippen LogP contribution is -2.28. The molecule has 0 atom stereocenters. The van der Waals surface area contributed by atoms with Crippen molar-refractivity contribution in [1.82, 2.24) is 0 Å². The second-order valence-corrected chi connectivity index (χ2v) is 5.76. The van der Waals surface area contributed by atoms with Gasteiger partial charge >= 0.3 is 0 Å². The molecule has 102 valence electrons. The number of rotatable bonds is 2. The van der Waals surface area contributed by atoms with Gasteiger partial charge in [0.2, 0.25) is 5.91 Å². The SMILES string of the molecule is Cc1cccc2c1N(C(=O)c1cc(C(N)=O)cs1)CC2. The second kappa shape index (κ2) is 4.76. The Balaban J connectivity index is 1.95. The van der Waals surface area contributed by atoms with Crippen molar-refractivity contribution < 1.29 is 9.59 Å². The van der Waals surface area contributed by atoms with Gasteiger partial charge in [-0.1, -0.05) is 18.2 Å². The number of thiophene rings is 1. The summed E-state index contributed by atoms with van der Waals surface area (Å²) in [5, 5.41) is 1.63. The molecule has 1 aliphatic rings. The fraction of sp³-hybridized carbons (Fsp3) is 0.200. The normalized spacial score (nSPS) is 13.3. The van der Waals surface area contributed by atoms with Crippen molar-refractivity contribution in [3.63, 3.8) is 0 Å². The molecular weight excluding hydrogens is 272 g/mol. The van der Waals surface area contributed by atoms with E-state index in [-0.39, 0.29) is 5.91 Å². The summed E-state index contributed by atoms with van der Waals surface area (Å²) in [4.78, 5) is 26.0. The first-order valence-corrected chi connectivity index (χ1v) is 7.24. The van der Waals surface area contributed by atoms with Crippen LogP contribution in [0.4, 0.5) is 5.69 Å². The maximum Gasteiger partial charge on any atom is 0.268 e. The van der Waals surface area contributed by atoms with Crippen LogP contribution in [0.1, 0.15) is 31.2 Å². The molecule has 3 rings (SSSR count). The molecule has 20 heavy (non-hydrogen) atoms. The Bertz CT molecular complexity index is 706. The van der Waals surface area contributed by atoms with Gasteiger partial charge in [-0.05, 0) is 30.5 Å². The van der Waals surface area contributed by atoms with E-state index in [1.807, 2.05) is 19.1 Å². The Morgan fingerprint density at radius 3 is 2.85 bits per heavy atom. The summed E-state index contributed by atoms with van der Waals surface area (Å²) in [6, 6.07) is 7.65. The van der Waals surface area contributed by atoms with Crippen LogP contribution in [0.5, 0.6) is 0 Å². The van der Waals surface area contributed by atoms with Crippen LogP contribution in [-0.4, -0.2) is 18.4 Å². The van der Waals surface area contributed by atoms with Crippen molar-refractivity contribution in [1.29, 1.82) is 0 Å². The minimum Gasteiger partial charge on any atom is -0.366 e. The van der Waals surface area contributed by atoms with Gasteiger partial charge < -0.3 is 10.6 Å². The van der Waals surface area contributed by atoms with Crippen molar-refractivity contribution >= 4 is 28.8 Å². The van der Waals surface area contributed by atoms with Gasteiger partial charge in [0.05, 0.1) is 16.1 Å². The van der Waals surface area contributed by atoms with Crippen LogP contribution in [0.25, 0.3) is 0 Å². The van der Waals surface area contributed by atoms with E-state index in [9.17, 15) is 9.59 Å². The zero-order valence-corrected chi connectivity index (χ0v) is 11.9. The smallest absolute Gasteiger partial charge is 0.268 e. The lowest BCUT2D eigenvalue weighted by atomic mass is 10.1. The highest BCUT2D eigenvalue weighted by atomic mass is 32.1. The molecule has 2 N–H and O–H groups in total. The summed E-state index contributed by atoms with van der Waals surface area (Å²) in [7, 11) is 0. The average Bonchev–Trinajstić information content (AvgIpc) is 3.05. The molecule has 0 unspecified atom stereocenters. The van der Waals surface area contributed by atoms with E-state index in [1.54, 1.807) is 16.3 Å². The molecule has 5 heteroatoms. The van der Waals surface area contributed by atoms with E-state index in [1.165, 1.54) is 16.9 Å². The monoisotopic (exact) mass is 286 g/mol. The minimum atomic E-state index is -0.502. The van der Waals surface area contributed by atoms with Crippen LogP contribution in [-0.2, 0) is 6.42 Å². The summed E-state index contributed by atoms with van der Waals surface area (Å²) in [6.07, 6.45) is 0.872. The van der Waals surface area contributed by atoms with Crippen molar-refractivity contribution in [3.05, 3.63) is 51.2 Å². The van der Waals surface area contributed by atoms with E-state index >= 15 is 0 Å². The molecule has 2 aromatic rings. The van der Waals surface area contributed by atoms with Gasteiger partial charge in [-0.3, -0.25) is 9.59 Å². The molecule has 2 heterocycles. The van der Waals surface area contributed by atoms with Crippen LogP contribution < -0.4 is 10.6 Å². The predicted octanol–water partition coefficient (Wildman–Crippen LogP) is 2.36. The molecule has 1 aliphatic heterocycles. The number of nitrogens with two attached hydrogens (primary N) is 1. The molecule has 0 radical (unpaired) electrons. The molecule has 0 saturated heterocycles. The van der Waals surface area contributed by atoms with Crippen molar-refractivity contribution in [2.45, 2.75) is 13.3 Å². The van der Waals surface area contributed by atoms with Gasteiger partial charge in [0.25, 0.3) is 5.91 Å². The van der Waals surface area contributed by atoms with E-state index in [0.717, 1.165) is 17.7 Å². The van der Waals surface area contributed by atoms with Gasteiger partial charge in [0.1, 0.15) is 0 Å². The third-order valence-electron chi connectivity index (χ3n) is 3.54. The maximum atomic E-state index is 12.6. The lowest BCUT2D eigenvalue weighted by molar-refractivity contribution is 0.0992. The Hall–Kier alpha value is -2.14. The number of para-hydroxylation sites is 1. The highest BCUT2D eigenvalue weighted by molar-refractivity contribution is 7.12. The summed E-state index contributed by atoms with van der Waals surface area (Å²) >= 11 is 1.26. The summed E-state index contributed by atoms with van der Waals surface area (Å²) < 4.78 is 0. The number of carbonyl (C=O) groups is 2. The molecular formula is C15H14N2O2S. The Kier molecular flexibility index (Phi) is 3.06. The fourth-order valence-electron chi connectivity index (χ4n) is 2.57. The molecule has 0 aliphatic carbocycles. The molecule has 0 spiro atoms. The third-order valence-corrected chi connectivity index (χ3v) is 4.45. The van der Waals surface area contributed by atoms with Crippen LogP contribution >= 0.6 is 11.3 Å². The summed E-state index contributed by atoms with van der Waals surface area (Å²) in [5.74, 6) is -0.561. The third kappa shape index (κ3) is 2.00. The molecule has 2 amide bonds. The number of benzene rings is 1. The van der Waals surface area contributed by atoms with E-state index < -0.39 is 5.91 Å². The number of anilines is 1. The molecule has 4 nitrogen and oxygen atoms in total. The number of amides is 2. The van der Waals surface area contributed by atoms with Gasteiger partial charge in [-0.25, -0.2) is 0 Å². The van der Waals surface area contributed by atoms with Crippen LogP contribution in [0.2, 0.25) is 0 Å². The standard InChI is InChI=1S/C15H14N2O2S/c1-9-3-2-4-10-5-6-17(13(9)10)15(19)12-7-11(8-20-12)14(16)18/h2-4,7-8H,5-6H2,1H3,(H2,16,18). The van der Waals surface area contributed by atoms with Gasteiger partial charge in [-0.15, -0.1) is 11.3 Å². The minimum absolute atomic E-state index is 0.0597. The van der Waals surface area contributed by atoms with E-state index in [4.69, 9.17) is 5.73 Å². The maximum absolute atomic E-state index is 12.6. The van der Waals surface area contributed by atoms with Gasteiger partial charge in [-0.2, -0.15) is 0 Å². The number of fused-ring (bicyclic) bond motifs is 1. The van der Waals surface area contributed by atoms with E-state index in [0.29, 0.717) is 17.0 Å². The van der Waals surface area contributed by atoms with Crippen molar-refractivity contribution in [2.75, 3.05) is 11.4 Å². The first-order valence-electron chi connectivity index (χ1n) is 6.36. The number of nitrogens with zero attached hydrogens (tertiary/aromatic N) is 1. The summed E-state index contributed by atoms with van der Waals surface area (Å²) in [6.45, 7) is 2.69. The lowest BCUT2D eigenvalue weighted by Gasteiger charge is -2.18. The fourth-order valence-corrected chi connectivity index (χ4v) is 3.41. The molecule has 0 fully saturated rings. The van der Waals surface area contributed by atoms with Crippen molar-refractivity contribution in [3.8, 4) is 0 Å². The first-order chi connectivity index (χ1) is 9.58. The van der Waals surface area contributed by atoms with Crippen molar-refractivity contribution in [2.24, 2.45) is 5.73 Å². The molecule has 1 aromatic carbocycles.